The maximum atomic E-state index is 13.6. The molecule has 0 radical (unpaired) electrons. The summed E-state index contributed by atoms with van der Waals surface area (Å²) in [6, 6.07) is 11.1. The number of ether oxygens (including phenoxy) is 1. The second-order valence-corrected chi connectivity index (χ2v) is 4.28. The molecule has 0 bridgehead atoms. The maximum absolute atomic E-state index is 13.6. The zero-order valence-corrected chi connectivity index (χ0v) is 10.3. The van der Waals surface area contributed by atoms with Crippen molar-refractivity contribution < 1.29 is 13.5 Å². The van der Waals surface area contributed by atoms with Gasteiger partial charge in [0.05, 0.1) is 11.7 Å². The van der Waals surface area contributed by atoms with Crippen LogP contribution < -0.4 is 10.5 Å². The molecule has 1 heterocycles. The van der Waals surface area contributed by atoms with Crippen LogP contribution >= 0.6 is 0 Å². The van der Waals surface area contributed by atoms with Crippen LogP contribution in [0.25, 0.3) is 10.9 Å². The van der Waals surface area contributed by atoms with Crippen LogP contribution in [0.4, 0.5) is 14.5 Å². The molecule has 0 atom stereocenters. The number of nitrogens with zero attached hydrogens (tertiary/aromatic N) is 1. The minimum atomic E-state index is -0.851. The van der Waals surface area contributed by atoms with E-state index in [1.807, 2.05) is 24.3 Å². The number of fused-ring (bicyclic) bond motifs is 1. The number of anilines is 1. The van der Waals surface area contributed by atoms with E-state index in [4.69, 9.17) is 10.5 Å². The summed E-state index contributed by atoms with van der Waals surface area (Å²) in [5.74, 6) is -1.94. The first-order chi connectivity index (χ1) is 9.63. The summed E-state index contributed by atoms with van der Waals surface area (Å²) < 4.78 is 32.5. The van der Waals surface area contributed by atoms with E-state index in [2.05, 4.69) is 4.98 Å². The summed E-state index contributed by atoms with van der Waals surface area (Å²) in [5.41, 5.74) is 6.13. The Bertz CT molecular complexity index is 767. The topological polar surface area (TPSA) is 48.1 Å². The van der Waals surface area contributed by atoms with E-state index in [0.717, 1.165) is 23.0 Å². The van der Waals surface area contributed by atoms with Gasteiger partial charge in [-0.1, -0.05) is 18.2 Å². The normalized spacial score (nSPS) is 10.7. The zero-order valence-electron chi connectivity index (χ0n) is 10.3. The predicted molar refractivity (Wildman–Crippen MR) is 72.6 cm³/mol. The van der Waals surface area contributed by atoms with Crippen molar-refractivity contribution in [3.63, 3.8) is 0 Å². The van der Waals surface area contributed by atoms with Gasteiger partial charge < -0.3 is 10.5 Å². The fourth-order valence-corrected chi connectivity index (χ4v) is 1.90. The van der Waals surface area contributed by atoms with Gasteiger partial charge in [0.1, 0.15) is 5.75 Å². The third kappa shape index (κ3) is 2.25. The van der Waals surface area contributed by atoms with E-state index in [0.29, 0.717) is 0 Å². The van der Waals surface area contributed by atoms with Crippen molar-refractivity contribution in [2.45, 2.75) is 0 Å². The van der Waals surface area contributed by atoms with Crippen molar-refractivity contribution in [3.8, 4) is 11.5 Å². The lowest BCUT2D eigenvalue weighted by atomic mass is 10.2. The number of hydrogen-bond acceptors (Lipinski definition) is 3. The number of nitrogens with two attached hydrogens (primary N) is 1. The molecule has 3 nitrogen and oxygen atoms in total. The fraction of sp³-hybridized carbons (Fsp3) is 0. The van der Waals surface area contributed by atoms with Crippen molar-refractivity contribution in [3.05, 3.63) is 60.3 Å². The molecule has 3 aromatic rings. The molecule has 100 valence electrons. The van der Waals surface area contributed by atoms with Crippen molar-refractivity contribution in [2.24, 2.45) is 0 Å². The number of halogens is 2. The van der Waals surface area contributed by atoms with Crippen molar-refractivity contribution in [2.75, 3.05) is 5.73 Å². The molecular formula is C15H10F2N2O. The first-order valence-electron chi connectivity index (χ1n) is 5.90. The molecule has 0 unspecified atom stereocenters. The number of benzene rings is 2. The predicted octanol–water partition coefficient (Wildman–Crippen LogP) is 3.89. The minimum Gasteiger partial charge on any atom is -0.450 e. The second-order valence-electron chi connectivity index (χ2n) is 4.28. The molecule has 1 aromatic heterocycles. The van der Waals surface area contributed by atoms with Gasteiger partial charge >= 0.3 is 0 Å². The van der Waals surface area contributed by atoms with E-state index >= 15 is 0 Å². The molecule has 2 aromatic carbocycles. The Morgan fingerprint density at radius 2 is 1.70 bits per heavy atom. The molecule has 2 N–H and O–H groups in total. The quantitative estimate of drug-likeness (QED) is 0.720. The highest BCUT2D eigenvalue weighted by atomic mass is 19.1. The Kier molecular flexibility index (Phi) is 2.95. The lowest BCUT2D eigenvalue weighted by Gasteiger charge is -2.09. The van der Waals surface area contributed by atoms with Crippen LogP contribution in [0.1, 0.15) is 0 Å². The van der Waals surface area contributed by atoms with Gasteiger partial charge in [-0.05, 0) is 12.1 Å². The number of pyridine rings is 1. The molecular weight excluding hydrogens is 262 g/mol. The van der Waals surface area contributed by atoms with Gasteiger partial charge in [-0.25, -0.2) is 8.78 Å². The molecule has 0 aliphatic heterocycles. The number of aromatic nitrogens is 1. The molecule has 3 rings (SSSR count). The largest absolute Gasteiger partial charge is 0.450 e. The maximum Gasteiger partial charge on any atom is 0.198 e. The molecule has 0 aliphatic carbocycles. The molecule has 0 aliphatic rings. The van der Waals surface area contributed by atoms with Gasteiger partial charge in [0.2, 0.25) is 0 Å². The third-order valence-electron chi connectivity index (χ3n) is 2.81. The van der Waals surface area contributed by atoms with Gasteiger partial charge in [-0.3, -0.25) is 4.98 Å². The number of rotatable bonds is 2. The summed E-state index contributed by atoms with van der Waals surface area (Å²) in [4.78, 5) is 4.16. The highest BCUT2D eigenvalue weighted by molar-refractivity contribution is 5.79. The van der Waals surface area contributed by atoms with E-state index < -0.39 is 17.4 Å². The molecule has 5 heteroatoms. The summed E-state index contributed by atoms with van der Waals surface area (Å²) >= 11 is 0. The number of hydrogen-bond donors (Lipinski definition) is 1. The number of para-hydroxylation sites is 1. The molecule has 0 saturated carbocycles. The molecule has 20 heavy (non-hydrogen) atoms. The standard InChI is InChI=1S/C15H10F2N2O/c16-12-6-10(18)7-13(17)15(12)20-11-5-9-3-1-2-4-14(9)19-8-11/h1-8H,18H2. The van der Waals surface area contributed by atoms with E-state index in [-0.39, 0.29) is 11.4 Å². The summed E-state index contributed by atoms with van der Waals surface area (Å²) in [5, 5.41) is 0.821. The van der Waals surface area contributed by atoms with Gasteiger partial charge in [-0.2, -0.15) is 0 Å². The van der Waals surface area contributed by atoms with Crippen molar-refractivity contribution in [1.82, 2.24) is 4.98 Å². The monoisotopic (exact) mass is 272 g/mol. The van der Waals surface area contributed by atoms with Gasteiger partial charge in [0.25, 0.3) is 0 Å². The van der Waals surface area contributed by atoms with Crippen molar-refractivity contribution >= 4 is 16.6 Å². The summed E-state index contributed by atoms with van der Waals surface area (Å²) in [7, 11) is 0. The highest BCUT2D eigenvalue weighted by Crippen LogP contribution is 2.30. The second kappa shape index (κ2) is 4.77. The van der Waals surface area contributed by atoms with Crippen LogP contribution in [0.3, 0.4) is 0 Å². The summed E-state index contributed by atoms with van der Waals surface area (Å²) in [6.07, 6.45) is 1.41. The highest BCUT2D eigenvalue weighted by Gasteiger charge is 2.13. The minimum absolute atomic E-state index is 0.00369. The van der Waals surface area contributed by atoms with Gasteiger partial charge in [0, 0.05) is 23.2 Å². The first kappa shape index (κ1) is 12.3. The first-order valence-corrected chi connectivity index (χ1v) is 5.90. The molecule has 0 amide bonds. The third-order valence-corrected chi connectivity index (χ3v) is 2.81. The van der Waals surface area contributed by atoms with Crippen LogP contribution in [0, 0.1) is 11.6 Å². The Labute approximate surface area is 113 Å². The average molecular weight is 272 g/mol. The molecule has 0 spiro atoms. The van der Waals surface area contributed by atoms with E-state index in [1.54, 1.807) is 6.07 Å². The van der Waals surface area contributed by atoms with Crippen LogP contribution in [0.2, 0.25) is 0 Å². The molecule has 0 saturated heterocycles. The van der Waals surface area contributed by atoms with Crippen molar-refractivity contribution in [1.29, 1.82) is 0 Å². The molecule has 0 fully saturated rings. The smallest absolute Gasteiger partial charge is 0.198 e. The Hall–Kier alpha value is -2.69. The van der Waals surface area contributed by atoms with Gasteiger partial charge in [0.15, 0.2) is 17.4 Å². The Balaban J connectivity index is 2.01. The average Bonchev–Trinajstić information content (AvgIpc) is 2.42. The van der Waals surface area contributed by atoms with Crippen LogP contribution in [-0.2, 0) is 0 Å². The Morgan fingerprint density at radius 3 is 2.45 bits per heavy atom. The Morgan fingerprint density at radius 1 is 1.00 bits per heavy atom. The van der Waals surface area contributed by atoms with Crippen LogP contribution in [0.15, 0.2) is 48.7 Å². The van der Waals surface area contributed by atoms with Gasteiger partial charge in [-0.15, -0.1) is 0 Å². The fourth-order valence-electron chi connectivity index (χ4n) is 1.90. The SMILES string of the molecule is Nc1cc(F)c(Oc2cnc3ccccc3c2)c(F)c1. The summed E-state index contributed by atoms with van der Waals surface area (Å²) in [6.45, 7) is 0. The lowest BCUT2D eigenvalue weighted by Crippen LogP contribution is -1.96. The lowest BCUT2D eigenvalue weighted by molar-refractivity contribution is 0.407. The van der Waals surface area contributed by atoms with E-state index in [9.17, 15) is 8.78 Å². The van der Waals surface area contributed by atoms with E-state index in [1.165, 1.54) is 6.20 Å². The zero-order chi connectivity index (χ0) is 14.1. The van der Waals surface area contributed by atoms with Crippen LogP contribution in [0.5, 0.6) is 11.5 Å². The number of nitrogen functional groups attached to an aromatic ring is 1. The van der Waals surface area contributed by atoms with Crippen LogP contribution in [-0.4, -0.2) is 4.98 Å².